The number of furan rings is 1. The van der Waals surface area contributed by atoms with E-state index in [0.717, 1.165) is 11.5 Å². The minimum atomic E-state index is -0.240. The second-order valence-electron chi connectivity index (χ2n) is 5.71. The number of hydrogen-bond acceptors (Lipinski definition) is 3. The fourth-order valence-electron chi connectivity index (χ4n) is 2.26. The molecule has 0 aliphatic carbocycles. The second kappa shape index (κ2) is 7.63. The van der Waals surface area contributed by atoms with Gasteiger partial charge in [0.15, 0.2) is 0 Å². The maximum Gasteiger partial charge on any atom is 0.251 e. The Morgan fingerprint density at radius 3 is 2.48 bits per heavy atom. The molecule has 2 rings (SSSR count). The van der Waals surface area contributed by atoms with Crippen molar-refractivity contribution in [2.75, 3.05) is 7.05 Å². The highest BCUT2D eigenvalue weighted by molar-refractivity contribution is 5.94. The average Bonchev–Trinajstić information content (AvgIpc) is 2.93. The van der Waals surface area contributed by atoms with Crippen LogP contribution >= 0.6 is 0 Å². The fourth-order valence-corrected chi connectivity index (χ4v) is 2.26. The van der Waals surface area contributed by atoms with E-state index >= 15 is 0 Å². The molecule has 0 fully saturated rings. The molecule has 5 heteroatoms. The van der Waals surface area contributed by atoms with E-state index in [1.807, 2.05) is 44.2 Å². The molecule has 0 radical (unpaired) electrons. The van der Waals surface area contributed by atoms with Gasteiger partial charge >= 0.3 is 0 Å². The second-order valence-corrected chi connectivity index (χ2v) is 5.71. The molecule has 0 bridgehead atoms. The van der Waals surface area contributed by atoms with Crippen LogP contribution in [0, 0.1) is 6.92 Å². The lowest BCUT2D eigenvalue weighted by Crippen LogP contribution is -2.37. The van der Waals surface area contributed by atoms with Gasteiger partial charge in [-0.05, 0) is 38.1 Å². The molecule has 0 spiro atoms. The van der Waals surface area contributed by atoms with Crippen LogP contribution in [0.5, 0.6) is 0 Å². The number of carbonyl (C=O) groups is 2. The van der Waals surface area contributed by atoms with Gasteiger partial charge in [0.25, 0.3) is 5.91 Å². The summed E-state index contributed by atoms with van der Waals surface area (Å²) in [6.45, 7) is 4.11. The highest BCUT2D eigenvalue weighted by atomic mass is 16.3. The third-order valence-corrected chi connectivity index (χ3v) is 3.51. The van der Waals surface area contributed by atoms with E-state index in [2.05, 4.69) is 5.32 Å². The summed E-state index contributed by atoms with van der Waals surface area (Å²) < 4.78 is 5.47. The number of carbonyl (C=O) groups excluding carboxylic acids is 2. The minimum Gasteiger partial charge on any atom is -0.464 e. The van der Waals surface area contributed by atoms with Gasteiger partial charge in [-0.2, -0.15) is 0 Å². The molecule has 1 unspecified atom stereocenters. The van der Waals surface area contributed by atoms with E-state index in [4.69, 9.17) is 4.42 Å². The first-order valence-corrected chi connectivity index (χ1v) is 7.61. The Bertz CT molecular complexity index is 664. The molecule has 1 atom stereocenters. The van der Waals surface area contributed by atoms with Crippen LogP contribution in [-0.4, -0.2) is 29.8 Å². The summed E-state index contributed by atoms with van der Waals surface area (Å²) in [4.78, 5) is 25.9. The summed E-state index contributed by atoms with van der Waals surface area (Å²) in [7, 11) is 1.73. The Morgan fingerprint density at radius 2 is 1.87 bits per heavy atom. The maximum absolute atomic E-state index is 12.2. The van der Waals surface area contributed by atoms with Gasteiger partial charge in [-0.3, -0.25) is 9.59 Å². The summed E-state index contributed by atoms with van der Waals surface area (Å²) in [5.74, 6) is 1.36. The first-order chi connectivity index (χ1) is 11.0. The molecule has 1 aromatic carbocycles. The predicted molar refractivity (Wildman–Crippen MR) is 87.9 cm³/mol. The Morgan fingerprint density at radius 1 is 1.17 bits per heavy atom. The molecular formula is C18H22N2O3. The molecule has 1 N–H and O–H groups in total. The molecule has 0 aliphatic rings. The molecular weight excluding hydrogens is 292 g/mol. The number of nitrogens with zero attached hydrogens (tertiary/aromatic N) is 1. The van der Waals surface area contributed by atoms with Crippen molar-refractivity contribution in [2.45, 2.75) is 32.9 Å². The van der Waals surface area contributed by atoms with Crippen LogP contribution in [0.25, 0.3) is 0 Å². The zero-order valence-electron chi connectivity index (χ0n) is 13.7. The van der Waals surface area contributed by atoms with Crippen LogP contribution in [-0.2, 0) is 11.3 Å². The number of rotatable bonds is 6. The standard InChI is InChI=1S/C18H22N2O3/c1-13(19-18(22)15-7-5-4-6-8-15)11-17(21)20(3)12-16-10-9-14(2)23-16/h4-10,13H,11-12H2,1-3H3,(H,19,22). The van der Waals surface area contributed by atoms with E-state index in [-0.39, 0.29) is 24.3 Å². The smallest absolute Gasteiger partial charge is 0.251 e. The number of hydrogen-bond donors (Lipinski definition) is 1. The van der Waals surface area contributed by atoms with E-state index < -0.39 is 0 Å². The quantitative estimate of drug-likeness (QED) is 0.892. The van der Waals surface area contributed by atoms with Crippen molar-refractivity contribution in [3.05, 3.63) is 59.5 Å². The fraction of sp³-hybridized carbons (Fsp3) is 0.333. The van der Waals surface area contributed by atoms with Gasteiger partial charge in [-0.1, -0.05) is 18.2 Å². The molecule has 1 aromatic heterocycles. The molecule has 23 heavy (non-hydrogen) atoms. The number of benzene rings is 1. The molecule has 2 aromatic rings. The maximum atomic E-state index is 12.2. The Hall–Kier alpha value is -2.56. The van der Waals surface area contributed by atoms with Crippen molar-refractivity contribution < 1.29 is 14.0 Å². The Kier molecular flexibility index (Phi) is 5.57. The van der Waals surface area contributed by atoms with Crippen LogP contribution in [0.3, 0.4) is 0 Å². The van der Waals surface area contributed by atoms with Crippen LogP contribution in [0.2, 0.25) is 0 Å². The number of aryl methyl sites for hydroxylation is 1. The van der Waals surface area contributed by atoms with Gasteiger partial charge in [0, 0.05) is 25.1 Å². The molecule has 0 saturated carbocycles. The zero-order chi connectivity index (χ0) is 16.8. The largest absolute Gasteiger partial charge is 0.464 e. The predicted octanol–water partition coefficient (Wildman–Crippen LogP) is 2.76. The molecule has 5 nitrogen and oxygen atoms in total. The van der Waals surface area contributed by atoms with Gasteiger partial charge < -0.3 is 14.6 Å². The van der Waals surface area contributed by atoms with E-state index in [0.29, 0.717) is 12.1 Å². The Labute approximate surface area is 136 Å². The highest BCUT2D eigenvalue weighted by Gasteiger charge is 2.17. The number of nitrogens with one attached hydrogen (secondary N) is 1. The highest BCUT2D eigenvalue weighted by Crippen LogP contribution is 2.10. The molecule has 1 heterocycles. The van der Waals surface area contributed by atoms with Gasteiger partial charge in [0.2, 0.25) is 5.91 Å². The van der Waals surface area contributed by atoms with Crippen LogP contribution in [0.1, 0.15) is 35.2 Å². The summed E-state index contributed by atoms with van der Waals surface area (Å²) in [5, 5.41) is 2.84. The average molecular weight is 314 g/mol. The normalized spacial score (nSPS) is 11.8. The summed E-state index contributed by atoms with van der Waals surface area (Å²) in [6, 6.07) is 12.5. The van der Waals surface area contributed by atoms with Crippen molar-refractivity contribution in [3.8, 4) is 0 Å². The van der Waals surface area contributed by atoms with Gasteiger partial charge in [-0.25, -0.2) is 0 Å². The number of amides is 2. The van der Waals surface area contributed by atoms with Crippen LogP contribution < -0.4 is 5.32 Å². The Balaban J connectivity index is 1.83. The summed E-state index contributed by atoms with van der Waals surface area (Å²) >= 11 is 0. The lowest BCUT2D eigenvalue weighted by molar-refractivity contribution is -0.131. The van der Waals surface area contributed by atoms with E-state index in [1.54, 1.807) is 24.1 Å². The first-order valence-electron chi connectivity index (χ1n) is 7.61. The van der Waals surface area contributed by atoms with Crippen molar-refractivity contribution in [3.63, 3.8) is 0 Å². The van der Waals surface area contributed by atoms with Crippen molar-refractivity contribution in [1.29, 1.82) is 0 Å². The topological polar surface area (TPSA) is 62.6 Å². The van der Waals surface area contributed by atoms with Gasteiger partial charge in [0.1, 0.15) is 11.5 Å². The lowest BCUT2D eigenvalue weighted by atomic mass is 10.1. The minimum absolute atomic E-state index is 0.0417. The van der Waals surface area contributed by atoms with Crippen molar-refractivity contribution in [2.24, 2.45) is 0 Å². The van der Waals surface area contributed by atoms with Gasteiger partial charge in [-0.15, -0.1) is 0 Å². The van der Waals surface area contributed by atoms with Crippen molar-refractivity contribution >= 4 is 11.8 Å². The molecule has 0 saturated heterocycles. The molecule has 2 amide bonds. The van der Waals surface area contributed by atoms with Crippen LogP contribution in [0.4, 0.5) is 0 Å². The SMILES string of the molecule is Cc1ccc(CN(C)C(=O)CC(C)NC(=O)c2ccccc2)o1. The first kappa shape index (κ1) is 16.8. The lowest BCUT2D eigenvalue weighted by Gasteiger charge is -2.19. The zero-order valence-corrected chi connectivity index (χ0v) is 13.7. The monoisotopic (exact) mass is 314 g/mol. The van der Waals surface area contributed by atoms with E-state index in [9.17, 15) is 9.59 Å². The summed E-state index contributed by atoms with van der Waals surface area (Å²) in [5.41, 5.74) is 0.589. The summed E-state index contributed by atoms with van der Waals surface area (Å²) in [6.07, 6.45) is 0.245. The third-order valence-electron chi connectivity index (χ3n) is 3.51. The molecule has 0 aliphatic heterocycles. The molecule has 122 valence electrons. The van der Waals surface area contributed by atoms with Crippen LogP contribution in [0.15, 0.2) is 46.9 Å². The van der Waals surface area contributed by atoms with E-state index in [1.165, 1.54) is 0 Å². The third kappa shape index (κ3) is 4.98. The van der Waals surface area contributed by atoms with Gasteiger partial charge in [0.05, 0.1) is 6.54 Å². The van der Waals surface area contributed by atoms with Crippen molar-refractivity contribution in [1.82, 2.24) is 10.2 Å².